The molecule has 5 rings (SSSR count). The van der Waals surface area contributed by atoms with E-state index in [1.54, 1.807) is 4.68 Å². The molecule has 1 saturated heterocycles. The zero-order valence-electron chi connectivity index (χ0n) is 17.6. The Morgan fingerprint density at radius 2 is 1.69 bits per heavy atom. The minimum Gasteiger partial charge on any atom is -0.492 e. The smallest absolute Gasteiger partial charge is 0.169 e. The molecule has 164 valence electrons. The van der Waals surface area contributed by atoms with Crippen LogP contribution in [-0.2, 0) is 4.74 Å². The van der Waals surface area contributed by atoms with Gasteiger partial charge in [0, 0.05) is 30.9 Å². The van der Waals surface area contributed by atoms with Gasteiger partial charge in [-0.15, -0.1) is 0 Å². The van der Waals surface area contributed by atoms with Gasteiger partial charge in [-0.1, -0.05) is 0 Å². The SMILES string of the molecule is Nc1ccc(-n2nc(-c3ccc(OCCN4CCOCC4)cc3)c3c(N)ncnc32)cc1. The van der Waals surface area contributed by atoms with Crippen LogP contribution < -0.4 is 16.2 Å². The molecule has 0 aliphatic carbocycles. The Balaban J connectivity index is 1.40. The van der Waals surface area contributed by atoms with Crippen LogP contribution in [0.25, 0.3) is 28.0 Å². The normalized spacial score (nSPS) is 14.6. The number of hydrogen-bond donors (Lipinski definition) is 2. The number of hydrogen-bond acceptors (Lipinski definition) is 8. The van der Waals surface area contributed by atoms with Gasteiger partial charge >= 0.3 is 0 Å². The highest BCUT2D eigenvalue weighted by atomic mass is 16.5. The summed E-state index contributed by atoms with van der Waals surface area (Å²) < 4.78 is 13.1. The summed E-state index contributed by atoms with van der Waals surface area (Å²) in [5.74, 6) is 1.20. The van der Waals surface area contributed by atoms with E-state index in [9.17, 15) is 0 Å². The van der Waals surface area contributed by atoms with E-state index < -0.39 is 0 Å². The molecule has 4 N–H and O–H groups in total. The fourth-order valence-electron chi connectivity index (χ4n) is 3.80. The number of anilines is 2. The molecular weight excluding hydrogens is 406 g/mol. The molecule has 2 aromatic heterocycles. The molecule has 1 aliphatic rings. The summed E-state index contributed by atoms with van der Waals surface area (Å²) in [5.41, 5.74) is 15.8. The van der Waals surface area contributed by atoms with Gasteiger partial charge < -0.3 is 20.9 Å². The summed E-state index contributed by atoms with van der Waals surface area (Å²) in [6.07, 6.45) is 1.45. The highest BCUT2D eigenvalue weighted by Gasteiger charge is 2.18. The van der Waals surface area contributed by atoms with Crippen LogP contribution in [0.15, 0.2) is 54.9 Å². The number of nitrogen functional groups attached to an aromatic ring is 2. The summed E-state index contributed by atoms with van der Waals surface area (Å²) in [5, 5.41) is 5.52. The van der Waals surface area contributed by atoms with Gasteiger partial charge in [0.25, 0.3) is 0 Å². The fraction of sp³-hybridized carbons (Fsp3) is 0.261. The van der Waals surface area contributed by atoms with Gasteiger partial charge in [0.2, 0.25) is 0 Å². The predicted molar refractivity (Wildman–Crippen MR) is 124 cm³/mol. The van der Waals surface area contributed by atoms with E-state index in [1.807, 2.05) is 48.5 Å². The quantitative estimate of drug-likeness (QED) is 0.447. The number of fused-ring (bicyclic) bond motifs is 1. The molecule has 0 atom stereocenters. The molecule has 1 aliphatic heterocycles. The van der Waals surface area contributed by atoms with Crippen molar-refractivity contribution >= 4 is 22.5 Å². The van der Waals surface area contributed by atoms with Crippen molar-refractivity contribution < 1.29 is 9.47 Å². The summed E-state index contributed by atoms with van der Waals surface area (Å²) in [6, 6.07) is 15.3. The summed E-state index contributed by atoms with van der Waals surface area (Å²) in [7, 11) is 0. The molecule has 9 nitrogen and oxygen atoms in total. The lowest BCUT2D eigenvalue weighted by atomic mass is 10.1. The van der Waals surface area contributed by atoms with E-state index in [-0.39, 0.29) is 0 Å². The van der Waals surface area contributed by atoms with E-state index in [2.05, 4.69) is 14.9 Å². The Morgan fingerprint density at radius 3 is 2.44 bits per heavy atom. The molecule has 0 spiro atoms. The number of nitrogens with zero attached hydrogens (tertiary/aromatic N) is 5. The van der Waals surface area contributed by atoms with Crippen molar-refractivity contribution in [3.8, 4) is 22.7 Å². The summed E-state index contributed by atoms with van der Waals surface area (Å²) >= 11 is 0. The number of benzene rings is 2. The first-order chi connectivity index (χ1) is 15.7. The lowest BCUT2D eigenvalue weighted by Crippen LogP contribution is -2.38. The number of rotatable bonds is 6. The van der Waals surface area contributed by atoms with Crippen molar-refractivity contribution in [1.82, 2.24) is 24.6 Å². The lowest BCUT2D eigenvalue weighted by molar-refractivity contribution is 0.0322. The van der Waals surface area contributed by atoms with Gasteiger partial charge in [0.05, 0.1) is 24.3 Å². The van der Waals surface area contributed by atoms with Crippen molar-refractivity contribution in [3.05, 3.63) is 54.9 Å². The topological polar surface area (TPSA) is 117 Å². The standard InChI is InChI=1S/C23H25N7O2/c24-17-3-5-18(6-4-17)30-23-20(22(25)26-15-27-23)21(28-30)16-1-7-19(8-2-16)32-14-11-29-9-12-31-13-10-29/h1-8,15H,9-14,24H2,(H2,25,26,27). The van der Waals surface area contributed by atoms with E-state index >= 15 is 0 Å². The first-order valence-corrected chi connectivity index (χ1v) is 10.6. The van der Waals surface area contributed by atoms with Crippen molar-refractivity contribution in [2.45, 2.75) is 0 Å². The Kier molecular flexibility index (Phi) is 5.57. The molecule has 0 bridgehead atoms. The third kappa shape index (κ3) is 4.08. The van der Waals surface area contributed by atoms with Crippen LogP contribution in [0, 0.1) is 0 Å². The molecule has 9 heteroatoms. The monoisotopic (exact) mass is 431 g/mol. The Morgan fingerprint density at radius 1 is 0.938 bits per heavy atom. The molecule has 3 heterocycles. The molecule has 1 fully saturated rings. The number of aromatic nitrogens is 4. The second-order valence-corrected chi connectivity index (χ2v) is 7.64. The third-order valence-electron chi connectivity index (χ3n) is 5.54. The van der Waals surface area contributed by atoms with Crippen LogP contribution in [0.3, 0.4) is 0 Å². The number of morpholine rings is 1. The molecule has 0 unspecified atom stereocenters. The molecule has 32 heavy (non-hydrogen) atoms. The molecule has 0 amide bonds. The Bertz CT molecular complexity index is 1200. The first-order valence-electron chi connectivity index (χ1n) is 10.6. The largest absolute Gasteiger partial charge is 0.492 e. The van der Waals surface area contributed by atoms with Gasteiger partial charge in [0.1, 0.15) is 30.2 Å². The highest BCUT2D eigenvalue weighted by molar-refractivity contribution is 5.98. The molecule has 2 aromatic carbocycles. The Labute approximate surface area is 185 Å². The highest BCUT2D eigenvalue weighted by Crippen LogP contribution is 2.32. The van der Waals surface area contributed by atoms with Crippen molar-refractivity contribution in [3.63, 3.8) is 0 Å². The average molecular weight is 432 g/mol. The second-order valence-electron chi connectivity index (χ2n) is 7.64. The van der Waals surface area contributed by atoms with Gasteiger partial charge in [-0.25, -0.2) is 14.6 Å². The second kappa shape index (κ2) is 8.81. The zero-order chi connectivity index (χ0) is 21.9. The van der Waals surface area contributed by atoms with Crippen LogP contribution in [0.4, 0.5) is 11.5 Å². The molecule has 0 radical (unpaired) electrons. The minimum atomic E-state index is 0.387. The maximum absolute atomic E-state index is 6.21. The van der Waals surface area contributed by atoms with Crippen molar-refractivity contribution in [1.29, 1.82) is 0 Å². The van der Waals surface area contributed by atoms with Crippen LogP contribution in [0.2, 0.25) is 0 Å². The first kappa shape index (κ1) is 20.2. The van der Waals surface area contributed by atoms with Crippen molar-refractivity contribution in [2.24, 2.45) is 0 Å². The minimum absolute atomic E-state index is 0.387. The van der Waals surface area contributed by atoms with Gasteiger partial charge in [-0.3, -0.25) is 4.90 Å². The van der Waals surface area contributed by atoms with E-state index in [0.717, 1.165) is 55.5 Å². The molecular formula is C23H25N7O2. The summed E-state index contributed by atoms with van der Waals surface area (Å²) in [6.45, 7) is 5.01. The third-order valence-corrected chi connectivity index (χ3v) is 5.54. The van der Waals surface area contributed by atoms with E-state index in [1.165, 1.54) is 6.33 Å². The molecule has 4 aromatic rings. The van der Waals surface area contributed by atoms with E-state index in [4.69, 9.17) is 26.0 Å². The van der Waals surface area contributed by atoms with Crippen LogP contribution in [0.5, 0.6) is 5.75 Å². The Hall–Kier alpha value is -3.69. The van der Waals surface area contributed by atoms with Gasteiger partial charge in [-0.05, 0) is 48.5 Å². The maximum atomic E-state index is 6.21. The van der Waals surface area contributed by atoms with Gasteiger partial charge in [0.15, 0.2) is 5.65 Å². The van der Waals surface area contributed by atoms with Gasteiger partial charge in [-0.2, -0.15) is 5.10 Å². The maximum Gasteiger partial charge on any atom is 0.169 e. The number of nitrogens with two attached hydrogens (primary N) is 2. The zero-order valence-corrected chi connectivity index (χ0v) is 17.6. The van der Waals surface area contributed by atoms with Crippen LogP contribution >= 0.6 is 0 Å². The van der Waals surface area contributed by atoms with E-state index in [0.29, 0.717) is 29.1 Å². The average Bonchev–Trinajstić information content (AvgIpc) is 3.22. The van der Waals surface area contributed by atoms with Crippen molar-refractivity contribution in [2.75, 3.05) is 50.9 Å². The number of ether oxygens (including phenoxy) is 2. The lowest BCUT2D eigenvalue weighted by Gasteiger charge is -2.26. The predicted octanol–water partition coefficient (Wildman–Crippen LogP) is 2.36. The van der Waals surface area contributed by atoms with Crippen LogP contribution in [-0.4, -0.2) is 64.1 Å². The summed E-state index contributed by atoms with van der Waals surface area (Å²) in [4.78, 5) is 10.9. The molecule has 0 saturated carbocycles. The fourth-order valence-corrected chi connectivity index (χ4v) is 3.80. The van der Waals surface area contributed by atoms with Crippen LogP contribution in [0.1, 0.15) is 0 Å².